The van der Waals surface area contributed by atoms with Crippen LogP contribution in [0.2, 0.25) is 0 Å². The monoisotopic (exact) mass is 714 g/mol. The van der Waals surface area contributed by atoms with Gasteiger partial charge in [-0.25, -0.2) is 21.6 Å². The molecule has 13 nitrogen and oxygen atoms in total. The van der Waals surface area contributed by atoms with Crippen LogP contribution in [-0.2, 0) is 33.3 Å². The summed E-state index contributed by atoms with van der Waals surface area (Å²) in [6, 6.07) is 25.7. The van der Waals surface area contributed by atoms with Gasteiger partial charge in [-0.15, -0.1) is 0 Å². The standard InChI is InChI=1S/C35H30N4O9S2/c40-19-21-3-1-5-27(11-21)38-49(45,46)29-15-23-13-25(7-9-31(23)33(42)17-29)36-35(44)37-26-8-10-32-24(14-26)16-30(18-34(32)43)50(47,48)39-28-6-2-4-22(12-28)20-41/h1-18,38-43H,19-20H2,(H2,36,37,44). The number of hydrogen-bond donors (Lipinski definition) is 8. The number of benzene rings is 6. The van der Waals surface area contributed by atoms with E-state index in [9.17, 15) is 42.1 Å². The number of nitrogens with one attached hydrogen (secondary N) is 4. The fourth-order valence-electron chi connectivity index (χ4n) is 5.30. The third-order valence-electron chi connectivity index (χ3n) is 7.67. The molecule has 256 valence electrons. The lowest BCUT2D eigenvalue weighted by Gasteiger charge is -2.13. The second-order valence-electron chi connectivity index (χ2n) is 11.3. The minimum atomic E-state index is -4.14. The summed E-state index contributed by atoms with van der Waals surface area (Å²) in [7, 11) is -8.28. The number of urea groups is 1. The van der Waals surface area contributed by atoms with Crippen LogP contribution in [-0.4, -0.2) is 43.3 Å². The molecule has 2 amide bonds. The van der Waals surface area contributed by atoms with Crippen LogP contribution in [0.5, 0.6) is 11.5 Å². The van der Waals surface area contributed by atoms with Gasteiger partial charge in [-0.05, 0) is 94.7 Å². The first-order valence-corrected chi connectivity index (χ1v) is 17.9. The van der Waals surface area contributed by atoms with Crippen LogP contribution in [0.4, 0.5) is 27.5 Å². The van der Waals surface area contributed by atoms with Gasteiger partial charge in [0.25, 0.3) is 20.0 Å². The predicted molar refractivity (Wildman–Crippen MR) is 190 cm³/mol. The fourth-order valence-corrected chi connectivity index (χ4v) is 7.51. The predicted octanol–water partition coefficient (Wildman–Crippen LogP) is 5.63. The number of carbonyl (C=O) groups is 1. The Morgan fingerprint density at radius 2 is 0.940 bits per heavy atom. The summed E-state index contributed by atoms with van der Waals surface area (Å²) in [5, 5.41) is 46.6. The van der Waals surface area contributed by atoms with Crippen LogP contribution in [0.15, 0.2) is 119 Å². The number of amides is 2. The van der Waals surface area contributed by atoms with Crippen molar-refractivity contribution >= 4 is 70.4 Å². The molecular weight excluding hydrogens is 685 g/mol. The Labute approximate surface area is 286 Å². The summed E-state index contributed by atoms with van der Waals surface area (Å²) in [5.74, 6) is -0.588. The van der Waals surface area contributed by atoms with E-state index in [0.29, 0.717) is 32.7 Å². The average Bonchev–Trinajstić information content (AvgIpc) is 3.07. The molecule has 6 rings (SSSR count). The van der Waals surface area contributed by atoms with E-state index in [0.717, 1.165) is 12.1 Å². The van der Waals surface area contributed by atoms with Crippen LogP contribution in [0.3, 0.4) is 0 Å². The molecule has 0 aliphatic rings. The van der Waals surface area contributed by atoms with Crippen molar-refractivity contribution in [2.24, 2.45) is 0 Å². The molecule has 6 aromatic carbocycles. The van der Waals surface area contributed by atoms with Crippen molar-refractivity contribution in [1.82, 2.24) is 0 Å². The number of phenols is 2. The molecule has 0 bridgehead atoms. The van der Waals surface area contributed by atoms with E-state index in [-0.39, 0.29) is 57.3 Å². The Morgan fingerprint density at radius 1 is 0.520 bits per heavy atom. The van der Waals surface area contributed by atoms with Gasteiger partial charge in [0.1, 0.15) is 11.5 Å². The third kappa shape index (κ3) is 7.40. The Hall–Kier alpha value is -5.87. The van der Waals surface area contributed by atoms with E-state index in [1.807, 2.05) is 0 Å². The lowest BCUT2D eigenvalue weighted by atomic mass is 10.1. The molecule has 0 saturated carbocycles. The molecule has 50 heavy (non-hydrogen) atoms. The quantitative estimate of drug-likeness (QED) is 0.0881. The van der Waals surface area contributed by atoms with Crippen molar-refractivity contribution in [3.05, 3.63) is 120 Å². The smallest absolute Gasteiger partial charge is 0.323 e. The molecular formula is C35H30N4O9S2. The molecule has 0 spiro atoms. The molecule has 0 aliphatic carbocycles. The number of aliphatic hydroxyl groups is 2. The lowest BCUT2D eigenvalue weighted by molar-refractivity contribution is 0.262. The van der Waals surface area contributed by atoms with Gasteiger partial charge in [0, 0.05) is 45.7 Å². The highest BCUT2D eigenvalue weighted by Crippen LogP contribution is 2.33. The van der Waals surface area contributed by atoms with Crippen molar-refractivity contribution in [2.45, 2.75) is 23.0 Å². The van der Waals surface area contributed by atoms with Gasteiger partial charge in [-0.3, -0.25) is 9.44 Å². The van der Waals surface area contributed by atoms with Gasteiger partial charge in [0.05, 0.1) is 23.0 Å². The Kier molecular flexibility index (Phi) is 9.22. The molecule has 0 saturated heterocycles. The minimum absolute atomic E-state index is 0.228. The molecule has 0 radical (unpaired) electrons. The molecule has 0 fully saturated rings. The summed E-state index contributed by atoms with van der Waals surface area (Å²) >= 11 is 0. The topological polar surface area (TPSA) is 214 Å². The first-order chi connectivity index (χ1) is 23.8. The molecule has 8 N–H and O–H groups in total. The molecule has 15 heteroatoms. The number of sulfonamides is 2. The molecule has 0 atom stereocenters. The van der Waals surface area contributed by atoms with Crippen molar-refractivity contribution < 1.29 is 42.1 Å². The van der Waals surface area contributed by atoms with Crippen LogP contribution < -0.4 is 20.1 Å². The normalized spacial score (nSPS) is 11.7. The highest BCUT2D eigenvalue weighted by atomic mass is 32.2. The first-order valence-electron chi connectivity index (χ1n) is 14.9. The number of anilines is 4. The minimum Gasteiger partial charge on any atom is -0.507 e. The van der Waals surface area contributed by atoms with E-state index in [2.05, 4.69) is 20.1 Å². The van der Waals surface area contributed by atoms with Gasteiger partial charge in [0.15, 0.2) is 0 Å². The number of rotatable bonds is 10. The number of carbonyl (C=O) groups excluding carboxylic acids is 1. The highest BCUT2D eigenvalue weighted by molar-refractivity contribution is 7.93. The van der Waals surface area contributed by atoms with Gasteiger partial charge in [0.2, 0.25) is 0 Å². The van der Waals surface area contributed by atoms with Crippen molar-refractivity contribution in [3.63, 3.8) is 0 Å². The number of phenolic OH excluding ortho intramolecular Hbond substituents is 2. The van der Waals surface area contributed by atoms with Crippen molar-refractivity contribution in [2.75, 3.05) is 20.1 Å². The van der Waals surface area contributed by atoms with E-state index in [4.69, 9.17) is 0 Å². The van der Waals surface area contributed by atoms with Gasteiger partial charge in [-0.1, -0.05) is 24.3 Å². The summed E-state index contributed by atoms with van der Waals surface area (Å²) in [4.78, 5) is 12.5. The van der Waals surface area contributed by atoms with Gasteiger partial charge >= 0.3 is 6.03 Å². The highest BCUT2D eigenvalue weighted by Gasteiger charge is 2.19. The second-order valence-corrected chi connectivity index (χ2v) is 14.6. The lowest BCUT2D eigenvalue weighted by Crippen LogP contribution is -2.19. The largest absolute Gasteiger partial charge is 0.507 e. The molecule has 0 heterocycles. The van der Waals surface area contributed by atoms with E-state index in [1.165, 1.54) is 72.8 Å². The molecule has 0 unspecified atom stereocenters. The zero-order chi connectivity index (χ0) is 35.6. The van der Waals surface area contributed by atoms with Gasteiger partial charge < -0.3 is 31.1 Å². The molecule has 0 aliphatic heterocycles. The van der Waals surface area contributed by atoms with E-state index < -0.39 is 26.1 Å². The number of hydrogen-bond acceptors (Lipinski definition) is 9. The fraction of sp³-hybridized carbons (Fsp3) is 0.0571. The number of aliphatic hydroxyl groups excluding tert-OH is 2. The Morgan fingerprint density at radius 3 is 1.34 bits per heavy atom. The maximum absolute atomic E-state index is 13.1. The Balaban J connectivity index is 1.21. The molecule has 0 aromatic heterocycles. The van der Waals surface area contributed by atoms with E-state index in [1.54, 1.807) is 24.3 Å². The zero-order valence-electron chi connectivity index (χ0n) is 26.0. The summed E-state index contributed by atoms with van der Waals surface area (Å²) in [5.41, 5.74) is 2.02. The van der Waals surface area contributed by atoms with Crippen LogP contribution >= 0.6 is 0 Å². The third-order valence-corrected chi connectivity index (χ3v) is 10.4. The molecule has 6 aromatic rings. The number of aromatic hydroxyl groups is 2. The van der Waals surface area contributed by atoms with Crippen LogP contribution in [0.25, 0.3) is 21.5 Å². The van der Waals surface area contributed by atoms with Crippen LogP contribution in [0.1, 0.15) is 11.1 Å². The second kappa shape index (κ2) is 13.6. The summed E-state index contributed by atoms with van der Waals surface area (Å²) < 4.78 is 57.4. The van der Waals surface area contributed by atoms with E-state index >= 15 is 0 Å². The SMILES string of the molecule is O=C(Nc1ccc2c(O)cc(S(=O)(=O)Nc3cccc(CO)c3)cc2c1)Nc1ccc2c(O)cc(S(=O)(=O)Nc3cccc(CO)c3)cc2c1. The summed E-state index contributed by atoms with van der Waals surface area (Å²) in [6.07, 6.45) is 0. The first kappa shape index (κ1) is 34.0. The maximum Gasteiger partial charge on any atom is 0.323 e. The van der Waals surface area contributed by atoms with Crippen molar-refractivity contribution in [1.29, 1.82) is 0 Å². The average molecular weight is 715 g/mol. The van der Waals surface area contributed by atoms with Gasteiger partial charge in [-0.2, -0.15) is 0 Å². The Bertz CT molecular complexity index is 2330. The zero-order valence-corrected chi connectivity index (χ0v) is 27.6. The van der Waals surface area contributed by atoms with Crippen LogP contribution in [0, 0.1) is 0 Å². The van der Waals surface area contributed by atoms with Crippen molar-refractivity contribution in [3.8, 4) is 11.5 Å². The maximum atomic E-state index is 13.1. The number of fused-ring (bicyclic) bond motifs is 2. The summed E-state index contributed by atoms with van der Waals surface area (Å²) in [6.45, 7) is -0.543.